The lowest BCUT2D eigenvalue weighted by atomic mass is 9.79. The Bertz CT molecular complexity index is 485. The van der Waals surface area contributed by atoms with E-state index in [1.165, 1.54) is 31.2 Å². The lowest BCUT2D eigenvalue weighted by Crippen LogP contribution is -2.22. The Balaban J connectivity index is 2.36. The van der Waals surface area contributed by atoms with E-state index in [2.05, 4.69) is 6.07 Å². The van der Waals surface area contributed by atoms with Crippen molar-refractivity contribution in [3.63, 3.8) is 0 Å². The van der Waals surface area contributed by atoms with Gasteiger partial charge in [-0.3, -0.25) is 4.79 Å². The average molecular weight is 276 g/mol. The molecule has 0 aliphatic heterocycles. The van der Waals surface area contributed by atoms with Crippen LogP contribution in [0.5, 0.6) is 5.75 Å². The number of methoxy groups -OCH3 is 1. The summed E-state index contributed by atoms with van der Waals surface area (Å²) in [5.41, 5.74) is 1.98. The second-order valence-electron chi connectivity index (χ2n) is 6.39. The number of benzene rings is 1. The van der Waals surface area contributed by atoms with Gasteiger partial charge in [0.25, 0.3) is 0 Å². The van der Waals surface area contributed by atoms with Crippen LogP contribution in [-0.4, -0.2) is 18.2 Å². The van der Waals surface area contributed by atoms with Gasteiger partial charge in [0, 0.05) is 5.41 Å². The first-order chi connectivity index (χ1) is 9.44. The fourth-order valence-electron chi connectivity index (χ4n) is 3.19. The number of ether oxygens (including phenoxy) is 1. The first-order valence-corrected chi connectivity index (χ1v) is 7.34. The minimum atomic E-state index is -0.756. The number of hydrogen-bond donors (Lipinski definition) is 1. The van der Waals surface area contributed by atoms with Gasteiger partial charge in [0.15, 0.2) is 0 Å². The summed E-state index contributed by atoms with van der Waals surface area (Å²) in [4.78, 5) is 11.0. The number of carboxylic acids is 1. The van der Waals surface area contributed by atoms with E-state index < -0.39 is 5.97 Å². The number of rotatable bonds is 5. The van der Waals surface area contributed by atoms with E-state index in [-0.39, 0.29) is 11.8 Å². The molecule has 0 unspecified atom stereocenters. The van der Waals surface area contributed by atoms with Crippen molar-refractivity contribution < 1.29 is 14.6 Å². The molecule has 1 aliphatic rings. The van der Waals surface area contributed by atoms with Gasteiger partial charge in [-0.25, -0.2) is 0 Å². The molecular weight excluding hydrogens is 252 g/mol. The molecule has 3 heteroatoms. The molecule has 1 aromatic rings. The van der Waals surface area contributed by atoms with E-state index in [9.17, 15) is 4.79 Å². The Morgan fingerprint density at radius 2 is 2.00 bits per heavy atom. The molecule has 20 heavy (non-hydrogen) atoms. The second-order valence-corrected chi connectivity index (χ2v) is 6.39. The summed E-state index contributed by atoms with van der Waals surface area (Å²) in [5, 5.41) is 9.07. The summed E-state index contributed by atoms with van der Waals surface area (Å²) >= 11 is 0. The van der Waals surface area contributed by atoms with Gasteiger partial charge in [-0.1, -0.05) is 38.8 Å². The first kappa shape index (κ1) is 14.9. The van der Waals surface area contributed by atoms with E-state index >= 15 is 0 Å². The van der Waals surface area contributed by atoms with E-state index in [0.29, 0.717) is 5.92 Å². The van der Waals surface area contributed by atoms with Gasteiger partial charge in [-0.05, 0) is 36.0 Å². The molecule has 0 heterocycles. The Labute approximate surface area is 121 Å². The molecule has 0 aromatic heterocycles. The molecule has 3 nitrogen and oxygen atoms in total. The highest BCUT2D eigenvalue weighted by atomic mass is 16.5. The van der Waals surface area contributed by atoms with Crippen molar-refractivity contribution in [2.24, 2.45) is 0 Å². The van der Waals surface area contributed by atoms with E-state index in [1.807, 2.05) is 26.0 Å². The molecule has 0 bridgehead atoms. The van der Waals surface area contributed by atoms with Gasteiger partial charge in [0.05, 0.1) is 13.5 Å². The zero-order chi connectivity index (χ0) is 14.8. The van der Waals surface area contributed by atoms with E-state index in [4.69, 9.17) is 9.84 Å². The van der Waals surface area contributed by atoms with Gasteiger partial charge in [-0.2, -0.15) is 0 Å². The maximum atomic E-state index is 11.0. The maximum Gasteiger partial charge on any atom is 0.304 e. The standard InChI is InChI=1S/C17H24O3/c1-17(2,11-16(18)19)13-8-9-15(20-3)14(10-13)12-6-4-5-7-12/h8-10,12H,4-7,11H2,1-3H3,(H,18,19). The summed E-state index contributed by atoms with van der Waals surface area (Å²) in [5.74, 6) is 0.741. The minimum Gasteiger partial charge on any atom is -0.496 e. The van der Waals surface area contributed by atoms with Crippen LogP contribution in [0.4, 0.5) is 0 Å². The van der Waals surface area contributed by atoms with Crippen molar-refractivity contribution in [3.05, 3.63) is 29.3 Å². The third-order valence-electron chi connectivity index (χ3n) is 4.40. The molecule has 0 amide bonds. The fourth-order valence-corrected chi connectivity index (χ4v) is 3.19. The monoisotopic (exact) mass is 276 g/mol. The van der Waals surface area contributed by atoms with Crippen LogP contribution in [0.3, 0.4) is 0 Å². The summed E-state index contributed by atoms with van der Waals surface area (Å²) in [6, 6.07) is 6.16. The summed E-state index contributed by atoms with van der Waals surface area (Å²) in [6.45, 7) is 3.97. The zero-order valence-corrected chi connectivity index (χ0v) is 12.6. The zero-order valence-electron chi connectivity index (χ0n) is 12.6. The molecule has 110 valence electrons. The molecule has 1 fully saturated rings. The van der Waals surface area contributed by atoms with Gasteiger partial charge in [0.2, 0.25) is 0 Å². The SMILES string of the molecule is COc1ccc(C(C)(C)CC(=O)O)cc1C1CCCC1. The van der Waals surface area contributed by atoms with Crippen molar-refractivity contribution in [2.45, 2.75) is 57.3 Å². The Kier molecular flexibility index (Phi) is 4.36. The number of carboxylic acid groups (broad SMARTS) is 1. The van der Waals surface area contributed by atoms with Crippen LogP contribution < -0.4 is 4.74 Å². The lowest BCUT2D eigenvalue weighted by Gasteiger charge is -2.25. The first-order valence-electron chi connectivity index (χ1n) is 7.34. The third-order valence-corrected chi connectivity index (χ3v) is 4.40. The predicted octanol–water partition coefficient (Wildman–Crippen LogP) is 4.11. The third kappa shape index (κ3) is 3.14. The molecule has 0 spiro atoms. The van der Waals surface area contributed by atoms with Gasteiger partial charge >= 0.3 is 5.97 Å². The molecule has 0 radical (unpaired) electrons. The number of carbonyl (C=O) groups is 1. The summed E-state index contributed by atoms with van der Waals surface area (Å²) in [7, 11) is 1.70. The Hall–Kier alpha value is -1.51. The fraction of sp³-hybridized carbons (Fsp3) is 0.588. The predicted molar refractivity (Wildman–Crippen MR) is 79.5 cm³/mol. The van der Waals surface area contributed by atoms with Gasteiger partial charge in [-0.15, -0.1) is 0 Å². The topological polar surface area (TPSA) is 46.5 Å². The van der Waals surface area contributed by atoms with Crippen LogP contribution >= 0.6 is 0 Å². The highest BCUT2D eigenvalue weighted by Gasteiger charge is 2.27. The van der Waals surface area contributed by atoms with Gasteiger partial charge < -0.3 is 9.84 Å². The molecule has 2 rings (SSSR count). The van der Waals surface area contributed by atoms with Crippen LogP contribution in [0.15, 0.2) is 18.2 Å². The van der Waals surface area contributed by atoms with Crippen molar-refractivity contribution in [1.82, 2.24) is 0 Å². The maximum absolute atomic E-state index is 11.0. The number of aliphatic carboxylic acids is 1. The molecule has 1 N–H and O–H groups in total. The van der Waals surface area contributed by atoms with Gasteiger partial charge in [0.1, 0.15) is 5.75 Å². The van der Waals surface area contributed by atoms with Crippen LogP contribution in [0, 0.1) is 0 Å². The summed E-state index contributed by atoms with van der Waals surface area (Å²) < 4.78 is 5.49. The quantitative estimate of drug-likeness (QED) is 0.880. The molecule has 1 aliphatic carbocycles. The molecule has 0 saturated heterocycles. The van der Waals surface area contributed by atoms with Crippen molar-refractivity contribution in [1.29, 1.82) is 0 Å². The summed E-state index contributed by atoms with van der Waals surface area (Å²) in [6.07, 6.45) is 5.11. The molecule has 1 aromatic carbocycles. The molecule has 0 atom stereocenters. The van der Waals surface area contributed by atoms with Crippen molar-refractivity contribution >= 4 is 5.97 Å². The van der Waals surface area contributed by atoms with E-state index in [0.717, 1.165) is 11.3 Å². The molecular formula is C17H24O3. The lowest BCUT2D eigenvalue weighted by molar-refractivity contribution is -0.138. The Morgan fingerprint density at radius 3 is 2.55 bits per heavy atom. The Morgan fingerprint density at radius 1 is 1.35 bits per heavy atom. The van der Waals surface area contributed by atoms with Crippen molar-refractivity contribution in [2.75, 3.05) is 7.11 Å². The van der Waals surface area contributed by atoms with Crippen LogP contribution in [0.1, 0.15) is 63.0 Å². The van der Waals surface area contributed by atoms with Crippen LogP contribution in [-0.2, 0) is 10.2 Å². The smallest absolute Gasteiger partial charge is 0.304 e. The average Bonchev–Trinajstić information content (AvgIpc) is 2.90. The number of hydrogen-bond acceptors (Lipinski definition) is 2. The largest absolute Gasteiger partial charge is 0.496 e. The highest BCUT2D eigenvalue weighted by Crippen LogP contribution is 2.41. The molecule has 1 saturated carbocycles. The van der Waals surface area contributed by atoms with E-state index in [1.54, 1.807) is 7.11 Å². The normalized spacial score (nSPS) is 16.4. The van der Waals surface area contributed by atoms with Crippen LogP contribution in [0.25, 0.3) is 0 Å². The highest BCUT2D eigenvalue weighted by molar-refractivity contribution is 5.69. The van der Waals surface area contributed by atoms with Crippen molar-refractivity contribution in [3.8, 4) is 5.75 Å². The minimum absolute atomic E-state index is 0.142. The second kappa shape index (κ2) is 5.86. The van der Waals surface area contributed by atoms with Crippen LogP contribution in [0.2, 0.25) is 0 Å².